The van der Waals surface area contributed by atoms with Crippen LogP contribution in [0, 0.1) is 13.8 Å². The Morgan fingerprint density at radius 2 is 1.41 bits per heavy atom. The summed E-state index contributed by atoms with van der Waals surface area (Å²) < 4.78 is 6.48. The first-order chi connectivity index (χ1) is 15.5. The number of hydrogen-bond acceptors (Lipinski definition) is 2. The molecule has 5 rings (SSSR count). The van der Waals surface area contributed by atoms with E-state index in [4.69, 9.17) is 9.40 Å². The van der Waals surface area contributed by atoms with E-state index in [1.807, 2.05) is 12.3 Å². The largest absolute Gasteiger partial charge is 0.456 e. The van der Waals surface area contributed by atoms with Crippen LogP contribution in [0.2, 0.25) is 0 Å². The fraction of sp³-hybridized carbons (Fsp3) is 0.167. The second-order valence-corrected chi connectivity index (χ2v) is 8.77. The quantitative estimate of drug-likeness (QED) is 0.293. The first-order valence-electron chi connectivity index (χ1n) is 11.2. The van der Waals surface area contributed by atoms with E-state index < -0.39 is 0 Å². The highest BCUT2D eigenvalue weighted by atomic mass is 16.3. The van der Waals surface area contributed by atoms with Gasteiger partial charge in [0.15, 0.2) is 0 Å². The van der Waals surface area contributed by atoms with Crippen LogP contribution in [-0.4, -0.2) is 4.98 Å². The standard InChI is InChI=1S/C30H27NO/c1-19(2)25-17-27(31-18-20(25)3)24-15-26(22-11-7-5-8-12-22)29-21(4)30(32-28(29)16-24)23-13-9-6-10-14-23/h5-19H,1-4H3. The van der Waals surface area contributed by atoms with Crippen LogP contribution in [0.5, 0.6) is 0 Å². The Morgan fingerprint density at radius 1 is 0.750 bits per heavy atom. The molecule has 2 heterocycles. The molecule has 158 valence electrons. The molecular weight excluding hydrogens is 390 g/mol. The van der Waals surface area contributed by atoms with Crippen molar-refractivity contribution in [1.82, 2.24) is 4.98 Å². The molecular formula is C30H27NO. The number of aromatic nitrogens is 1. The lowest BCUT2D eigenvalue weighted by atomic mass is 9.93. The van der Waals surface area contributed by atoms with E-state index in [0.29, 0.717) is 5.92 Å². The minimum atomic E-state index is 0.449. The van der Waals surface area contributed by atoms with Crippen LogP contribution >= 0.6 is 0 Å². The van der Waals surface area contributed by atoms with Gasteiger partial charge in [-0.15, -0.1) is 0 Å². The molecule has 0 aliphatic rings. The smallest absolute Gasteiger partial charge is 0.138 e. The second kappa shape index (κ2) is 8.12. The van der Waals surface area contributed by atoms with E-state index in [-0.39, 0.29) is 0 Å². The molecule has 2 nitrogen and oxygen atoms in total. The molecule has 2 aromatic heterocycles. The van der Waals surface area contributed by atoms with Crippen molar-refractivity contribution in [2.45, 2.75) is 33.6 Å². The van der Waals surface area contributed by atoms with Crippen LogP contribution in [0.25, 0.3) is 44.7 Å². The van der Waals surface area contributed by atoms with E-state index in [1.165, 1.54) is 22.3 Å². The number of benzene rings is 3. The van der Waals surface area contributed by atoms with Gasteiger partial charge in [0.1, 0.15) is 11.3 Å². The second-order valence-electron chi connectivity index (χ2n) is 8.77. The third kappa shape index (κ3) is 3.52. The summed E-state index contributed by atoms with van der Waals surface area (Å²) in [6.07, 6.45) is 1.99. The Balaban J connectivity index is 1.79. The minimum absolute atomic E-state index is 0.449. The highest BCUT2D eigenvalue weighted by Crippen LogP contribution is 2.41. The summed E-state index contributed by atoms with van der Waals surface area (Å²) in [4.78, 5) is 4.78. The van der Waals surface area contributed by atoms with Crippen molar-refractivity contribution in [3.05, 3.63) is 102 Å². The van der Waals surface area contributed by atoms with E-state index in [2.05, 4.69) is 100 Å². The van der Waals surface area contributed by atoms with E-state index in [9.17, 15) is 0 Å². The molecule has 0 saturated heterocycles. The summed E-state index contributed by atoms with van der Waals surface area (Å²) in [6.45, 7) is 8.74. The lowest BCUT2D eigenvalue weighted by Gasteiger charge is -2.13. The summed E-state index contributed by atoms with van der Waals surface area (Å²) in [5.41, 5.74) is 10.1. The average molecular weight is 418 g/mol. The third-order valence-electron chi connectivity index (χ3n) is 6.21. The van der Waals surface area contributed by atoms with Crippen LogP contribution in [-0.2, 0) is 0 Å². The fourth-order valence-corrected chi connectivity index (χ4v) is 4.56. The summed E-state index contributed by atoms with van der Waals surface area (Å²) in [6, 6.07) is 27.5. The van der Waals surface area contributed by atoms with Crippen molar-refractivity contribution < 1.29 is 4.42 Å². The van der Waals surface area contributed by atoms with Gasteiger partial charge in [0.25, 0.3) is 0 Å². The van der Waals surface area contributed by atoms with Crippen molar-refractivity contribution in [3.8, 4) is 33.7 Å². The zero-order valence-electron chi connectivity index (χ0n) is 19.0. The molecule has 3 aromatic carbocycles. The summed E-state index contributed by atoms with van der Waals surface area (Å²) in [5, 5.41) is 1.16. The molecule has 0 radical (unpaired) electrons. The summed E-state index contributed by atoms with van der Waals surface area (Å²) in [7, 11) is 0. The number of furan rings is 1. The Hall–Kier alpha value is -3.65. The molecule has 0 saturated carbocycles. The molecule has 5 aromatic rings. The summed E-state index contributed by atoms with van der Waals surface area (Å²) >= 11 is 0. The maximum absolute atomic E-state index is 6.48. The Morgan fingerprint density at radius 3 is 2.06 bits per heavy atom. The number of hydrogen-bond donors (Lipinski definition) is 0. The van der Waals surface area contributed by atoms with Crippen molar-refractivity contribution in [3.63, 3.8) is 0 Å². The van der Waals surface area contributed by atoms with Gasteiger partial charge in [-0.05, 0) is 60.2 Å². The molecule has 32 heavy (non-hydrogen) atoms. The van der Waals surface area contributed by atoms with Gasteiger partial charge in [-0.3, -0.25) is 4.98 Å². The lowest BCUT2D eigenvalue weighted by Crippen LogP contribution is -1.95. The first-order valence-corrected chi connectivity index (χ1v) is 11.2. The molecule has 0 aliphatic heterocycles. The van der Waals surface area contributed by atoms with Gasteiger partial charge in [0.05, 0.1) is 5.69 Å². The van der Waals surface area contributed by atoms with Gasteiger partial charge < -0.3 is 4.42 Å². The third-order valence-corrected chi connectivity index (χ3v) is 6.21. The predicted octanol–water partition coefficient (Wildman–Crippen LogP) is 8.57. The Kier molecular flexibility index (Phi) is 5.14. The Bertz CT molecular complexity index is 1400. The predicted molar refractivity (Wildman–Crippen MR) is 134 cm³/mol. The number of fused-ring (bicyclic) bond motifs is 1. The molecule has 0 unspecified atom stereocenters. The molecule has 2 heteroatoms. The van der Waals surface area contributed by atoms with Gasteiger partial charge in [-0.2, -0.15) is 0 Å². The highest BCUT2D eigenvalue weighted by Gasteiger charge is 2.19. The van der Waals surface area contributed by atoms with Crippen molar-refractivity contribution >= 4 is 11.0 Å². The van der Waals surface area contributed by atoms with Crippen LogP contribution in [0.4, 0.5) is 0 Å². The highest BCUT2D eigenvalue weighted by molar-refractivity contribution is 6.02. The lowest BCUT2D eigenvalue weighted by molar-refractivity contribution is 0.629. The molecule has 0 aliphatic carbocycles. The maximum atomic E-state index is 6.48. The van der Waals surface area contributed by atoms with Crippen molar-refractivity contribution in [1.29, 1.82) is 0 Å². The topological polar surface area (TPSA) is 26.0 Å². The number of pyridine rings is 1. The number of rotatable bonds is 4. The van der Waals surface area contributed by atoms with Gasteiger partial charge in [-0.1, -0.05) is 74.5 Å². The molecule has 0 spiro atoms. The normalized spacial score (nSPS) is 11.4. The van der Waals surface area contributed by atoms with Gasteiger partial charge in [-0.25, -0.2) is 0 Å². The van der Waals surface area contributed by atoms with Crippen LogP contribution in [0.1, 0.15) is 36.5 Å². The first kappa shape index (κ1) is 20.3. The molecule has 0 fully saturated rings. The van der Waals surface area contributed by atoms with Crippen LogP contribution in [0.3, 0.4) is 0 Å². The van der Waals surface area contributed by atoms with Gasteiger partial charge >= 0.3 is 0 Å². The monoisotopic (exact) mass is 417 g/mol. The summed E-state index contributed by atoms with van der Waals surface area (Å²) in [5.74, 6) is 1.37. The molecule has 0 bridgehead atoms. The molecule has 0 N–H and O–H groups in total. The van der Waals surface area contributed by atoms with E-state index in [1.54, 1.807) is 0 Å². The number of aryl methyl sites for hydroxylation is 2. The minimum Gasteiger partial charge on any atom is -0.456 e. The van der Waals surface area contributed by atoms with Crippen LogP contribution < -0.4 is 0 Å². The van der Waals surface area contributed by atoms with E-state index >= 15 is 0 Å². The fourth-order valence-electron chi connectivity index (χ4n) is 4.56. The van der Waals surface area contributed by atoms with Gasteiger partial charge in [0.2, 0.25) is 0 Å². The molecule has 0 amide bonds. The molecule has 0 atom stereocenters. The average Bonchev–Trinajstić information content (AvgIpc) is 3.16. The SMILES string of the molecule is Cc1cnc(-c2cc(-c3ccccc3)c3c(C)c(-c4ccccc4)oc3c2)cc1C(C)C. The zero-order chi connectivity index (χ0) is 22.2. The maximum Gasteiger partial charge on any atom is 0.138 e. The Labute approximate surface area is 189 Å². The van der Waals surface area contributed by atoms with Crippen molar-refractivity contribution in [2.75, 3.05) is 0 Å². The van der Waals surface area contributed by atoms with Crippen molar-refractivity contribution in [2.24, 2.45) is 0 Å². The number of nitrogens with zero attached hydrogens (tertiary/aromatic N) is 1. The van der Waals surface area contributed by atoms with Crippen LogP contribution in [0.15, 0.2) is 89.5 Å². The van der Waals surface area contributed by atoms with E-state index in [0.717, 1.165) is 39.1 Å². The zero-order valence-corrected chi connectivity index (χ0v) is 19.0. The van der Waals surface area contributed by atoms with Gasteiger partial charge in [0, 0.05) is 28.3 Å².